The summed E-state index contributed by atoms with van der Waals surface area (Å²) in [4.78, 5) is 24.0. The number of carbonyl (C=O) groups is 2. The van der Waals surface area contributed by atoms with Gasteiger partial charge in [-0.15, -0.1) is 0 Å². The molecule has 80 valence electrons. The van der Waals surface area contributed by atoms with Gasteiger partial charge < -0.3 is 10.0 Å². The van der Waals surface area contributed by atoms with E-state index >= 15 is 0 Å². The van der Waals surface area contributed by atoms with Crippen LogP contribution in [0.1, 0.15) is 19.8 Å². The Morgan fingerprint density at radius 1 is 1.64 bits per heavy atom. The second kappa shape index (κ2) is 4.77. The number of alkyl halides is 1. The summed E-state index contributed by atoms with van der Waals surface area (Å²) in [6.45, 7) is 2.38. The molecule has 0 radical (unpaired) electrons. The number of hydrogen-bond donors (Lipinski definition) is 1. The monoisotopic (exact) mass is 263 g/mol. The summed E-state index contributed by atoms with van der Waals surface area (Å²) in [6.07, 6.45) is 1.37. The van der Waals surface area contributed by atoms with Gasteiger partial charge in [0.15, 0.2) is 0 Å². The molecular formula is C9H14BrNO3. The van der Waals surface area contributed by atoms with Gasteiger partial charge in [0, 0.05) is 17.8 Å². The molecule has 1 saturated heterocycles. The van der Waals surface area contributed by atoms with Crippen molar-refractivity contribution in [3.63, 3.8) is 0 Å². The Morgan fingerprint density at radius 2 is 2.29 bits per heavy atom. The Morgan fingerprint density at radius 3 is 2.79 bits per heavy atom. The molecule has 1 aliphatic rings. The van der Waals surface area contributed by atoms with Crippen LogP contribution in [0.15, 0.2) is 0 Å². The number of halogens is 1. The third kappa shape index (κ3) is 2.26. The molecular weight excluding hydrogens is 250 g/mol. The van der Waals surface area contributed by atoms with Gasteiger partial charge in [-0.2, -0.15) is 0 Å². The molecule has 0 bridgehead atoms. The summed E-state index contributed by atoms with van der Waals surface area (Å²) in [6, 6.07) is -0.607. The summed E-state index contributed by atoms with van der Waals surface area (Å²) in [5.74, 6) is -1.10. The van der Waals surface area contributed by atoms with Gasteiger partial charge in [-0.3, -0.25) is 4.79 Å². The normalized spacial score (nSPS) is 23.6. The smallest absolute Gasteiger partial charge is 0.326 e. The average molecular weight is 264 g/mol. The molecule has 1 N–H and O–H groups in total. The highest BCUT2D eigenvalue weighted by atomic mass is 79.9. The van der Waals surface area contributed by atoms with Crippen LogP contribution in [0, 0.1) is 5.92 Å². The van der Waals surface area contributed by atoms with Crippen molar-refractivity contribution in [3.05, 3.63) is 0 Å². The van der Waals surface area contributed by atoms with E-state index in [-0.39, 0.29) is 11.8 Å². The molecule has 2 atom stereocenters. The third-order valence-electron chi connectivity index (χ3n) is 2.47. The van der Waals surface area contributed by atoms with Gasteiger partial charge in [0.1, 0.15) is 6.04 Å². The van der Waals surface area contributed by atoms with Crippen molar-refractivity contribution in [2.75, 3.05) is 11.9 Å². The number of carbonyl (C=O) groups excluding carboxylic acids is 1. The molecule has 0 unspecified atom stereocenters. The van der Waals surface area contributed by atoms with Crippen molar-refractivity contribution >= 4 is 27.8 Å². The van der Waals surface area contributed by atoms with Gasteiger partial charge in [-0.1, -0.05) is 22.9 Å². The molecule has 5 heteroatoms. The first kappa shape index (κ1) is 11.5. The van der Waals surface area contributed by atoms with E-state index in [4.69, 9.17) is 5.11 Å². The average Bonchev–Trinajstić information content (AvgIpc) is 2.63. The van der Waals surface area contributed by atoms with E-state index in [1.807, 2.05) is 0 Å². The largest absolute Gasteiger partial charge is 0.480 e. The van der Waals surface area contributed by atoms with Gasteiger partial charge in [0.25, 0.3) is 0 Å². The fraction of sp³-hybridized carbons (Fsp3) is 0.778. The van der Waals surface area contributed by atoms with E-state index in [2.05, 4.69) is 15.9 Å². The standard InChI is InChI=1S/C9H14BrNO3/c1-6(5-10)8(12)11-4-2-3-7(11)9(13)14/h6-7H,2-5H2,1H3,(H,13,14)/t6-,7-/m0/s1. The number of amides is 1. The second-order valence-corrected chi connectivity index (χ2v) is 4.23. The molecule has 1 rings (SSSR count). The molecule has 0 aliphatic carbocycles. The molecule has 0 aromatic carbocycles. The van der Waals surface area contributed by atoms with Crippen molar-refractivity contribution in [2.24, 2.45) is 5.92 Å². The Balaban J connectivity index is 2.67. The Labute approximate surface area is 91.4 Å². The fourth-order valence-corrected chi connectivity index (χ4v) is 1.91. The highest BCUT2D eigenvalue weighted by Crippen LogP contribution is 2.20. The lowest BCUT2D eigenvalue weighted by Gasteiger charge is -2.23. The minimum Gasteiger partial charge on any atom is -0.480 e. The van der Waals surface area contributed by atoms with Crippen LogP contribution < -0.4 is 0 Å². The number of rotatable bonds is 3. The highest BCUT2D eigenvalue weighted by Gasteiger charge is 2.35. The minimum absolute atomic E-state index is 0.0632. The number of nitrogens with zero attached hydrogens (tertiary/aromatic N) is 1. The molecule has 1 amide bonds. The van der Waals surface area contributed by atoms with Crippen LogP contribution in [0.3, 0.4) is 0 Å². The van der Waals surface area contributed by atoms with Gasteiger partial charge in [-0.05, 0) is 12.8 Å². The molecule has 1 aliphatic heterocycles. The zero-order valence-corrected chi connectivity index (χ0v) is 9.66. The maximum Gasteiger partial charge on any atom is 0.326 e. The molecule has 4 nitrogen and oxygen atoms in total. The number of carboxylic acid groups (broad SMARTS) is 1. The Hall–Kier alpha value is -0.580. The van der Waals surface area contributed by atoms with E-state index in [9.17, 15) is 9.59 Å². The molecule has 0 aromatic heterocycles. The summed E-state index contributed by atoms with van der Waals surface area (Å²) >= 11 is 3.22. The van der Waals surface area contributed by atoms with E-state index < -0.39 is 12.0 Å². The zero-order valence-electron chi connectivity index (χ0n) is 8.07. The maximum absolute atomic E-state index is 11.7. The lowest BCUT2D eigenvalue weighted by atomic mass is 10.1. The quantitative estimate of drug-likeness (QED) is 0.776. The molecule has 1 fully saturated rings. The zero-order chi connectivity index (χ0) is 10.7. The molecule has 1 heterocycles. The van der Waals surface area contributed by atoms with E-state index in [1.54, 1.807) is 6.92 Å². The Kier molecular flexibility index (Phi) is 3.92. The molecule has 0 aromatic rings. The first-order chi connectivity index (χ1) is 6.57. The van der Waals surface area contributed by atoms with Crippen molar-refractivity contribution < 1.29 is 14.7 Å². The first-order valence-corrected chi connectivity index (χ1v) is 5.79. The van der Waals surface area contributed by atoms with Crippen LogP contribution in [-0.2, 0) is 9.59 Å². The summed E-state index contributed by atoms with van der Waals surface area (Å²) in [5.41, 5.74) is 0. The highest BCUT2D eigenvalue weighted by molar-refractivity contribution is 9.09. The van der Waals surface area contributed by atoms with Crippen molar-refractivity contribution in [1.29, 1.82) is 0 Å². The lowest BCUT2D eigenvalue weighted by Crippen LogP contribution is -2.43. The van der Waals surface area contributed by atoms with Gasteiger partial charge >= 0.3 is 5.97 Å². The van der Waals surface area contributed by atoms with Crippen molar-refractivity contribution in [3.8, 4) is 0 Å². The van der Waals surface area contributed by atoms with Crippen LogP contribution >= 0.6 is 15.9 Å². The predicted molar refractivity (Wildman–Crippen MR) is 55.3 cm³/mol. The van der Waals surface area contributed by atoms with Crippen LogP contribution in [0.4, 0.5) is 0 Å². The van der Waals surface area contributed by atoms with Gasteiger partial charge in [-0.25, -0.2) is 4.79 Å². The number of carboxylic acids is 1. The molecule has 0 spiro atoms. The van der Waals surface area contributed by atoms with Gasteiger partial charge in [0.2, 0.25) is 5.91 Å². The minimum atomic E-state index is -0.891. The van der Waals surface area contributed by atoms with Crippen LogP contribution in [0.5, 0.6) is 0 Å². The van der Waals surface area contributed by atoms with Crippen LogP contribution in [0.2, 0.25) is 0 Å². The molecule has 0 saturated carbocycles. The SMILES string of the molecule is C[C@@H](CBr)C(=O)N1CCC[C@H]1C(=O)O. The predicted octanol–water partition coefficient (Wildman–Crippen LogP) is 1.09. The maximum atomic E-state index is 11.7. The summed E-state index contributed by atoms with van der Waals surface area (Å²) < 4.78 is 0. The van der Waals surface area contributed by atoms with Crippen LogP contribution in [0.25, 0.3) is 0 Å². The van der Waals surface area contributed by atoms with E-state index in [0.717, 1.165) is 6.42 Å². The number of hydrogen-bond acceptors (Lipinski definition) is 2. The van der Waals surface area contributed by atoms with Crippen LogP contribution in [-0.4, -0.2) is 39.8 Å². The molecule has 14 heavy (non-hydrogen) atoms. The van der Waals surface area contributed by atoms with Crippen molar-refractivity contribution in [2.45, 2.75) is 25.8 Å². The fourth-order valence-electron chi connectivity index (χ4n) is 1.64. The van der Waals surface area contributed by atoms with Crippen molar-refractivity contribution in [1.82, 2.24) is 4.90 Å². The second-order valence-electron chi connectivity index (χ2n) is 3.58. The Bertz CT molecular complexity index is 244. The first-order valence-electron chi connectivity index (χ1n) is 4.67. The van der Waals surface area contributed by atoms with E-state index in [1.165, 1.54) is 4.90 Å². The van der Waals surface area contributed by atoms with Gasteiger partial charge in [0.05, 0.1) is 0 Å². The summed E-state index contributed by atoms with van der Waals surface area (Å²) in [5, 5.41) is 9.46. The third-order valence-corrected chi connectivity index (χ3v) is 3.45. The number of aliphatic carboxylic acids is 1. The number of likely N-dealkylation sites (tertiary alicyclic amines) is 1. The summed E-state index contributed by atoms with van der Waals surface area (Å²) in [7, 11) is 0. The lowest BCUT2D eigenvalue weighted by molar-refractivity contribution is -0.149. The topological polar surface area (TPSA) is 57.6 Å². The van der Waals surface area contributed by atoms with E-state index in [0.29, 0.717) is 18.3 Å².